The second kappa shape index (κ2) is 8.40. The lowest BCUT2D eigenvalue weighted by molar-refractivity contribution is 0.101. The van der Waals surface area contributed by atoms with E-state index >= 15 is 0 Å². The Kier molecular flexibility index (Phi) is 7.61. The number of hydrogen-bond acceptors (Lipinski definition) is 2. The molecule has 2 heteroatoms. The smallest absolute Gasteiger partial charge is 0.160 e. The van der Waals surface area contributed by atoms with Gasteiger partial charge in [0.1, 0.15) is 0 Å². The van der Waals surface area contributed by atoms with Crippen molar-refractivity contribution in [2.75, 3.05) is 0 Å². The first-order valence-corrected chi connectivity index (χ1v) is 6.56. The van der Waals surface area contributed by atoms with E-state index in [-0.39, 0.29) is 5.78 Å². The van der Waals surface area contributed by atoms with Crippen LogP contribution in [0.3, 0.4) is 0 Å². The van der Waals surface area contributed by atoms with Crippen LogP contribution in [-0.4, -0.2) is 10.8 Å². The SMILES string of the molecule is CC.CC.CC(=O)c1cccc2nc(C)ccc12. The maximum atomic E-state index is 11.3. The predicted octanol–water partition coefficient (Wildman–Crippen LogP) is 4.80. The molecule has 18 heavy (non-hydrogen) atoms. The normalized spacial score (nSPS) is 8.78. The number of carbonyl (C=O) groups excluding carboxylic acids is 1. The van der Waals surface area contributed by atoms with E-state index in [1.54, 1.807) is 6.92 Å². The van der Waals surface area contributed by atoms with Crippen molar-refractivity contribution < 1.29 is 4.79 Å². The van der Waals surface area contributed by atoms with Gasteiger partial charge in [-0.2, -0.15) is 0 Å². The maximum absolute atomic E-state index is 11.3. The number of fused-ring (bicyclic) bond motifs is 1. The van der Waals surface area contributed by atoms with Gasteiger partial charge in [0.05, 0.1) is 5.52 Å². The van der Waals surface area contributed by atoms with Gasteiger partial charge >= 0.3 is 0 Å². The van der Waals surface area contributed by atoms with Crippen molar-refractivity contribution in [1.82, 2.24) is 4.98 Å². The van der Waals surface area contributed by atoms with E-state index in [1.807, 2.05) is 65.0 Å². The Labute approximate surface area is 110 Å². The molecular formula is C16H23NO. The molecule has 0 radical (unpaired) electrons. The lowest BCUT2D eigenvalue weighted by Crippen LogP contribution is -1.94. The van der Waals surface area contributed by atoms with Gasteiger partial charge < -0.3 is 0 Å². The minimum atomic E-state index is 0.0845. The molecule has 0 aliphatic rings. The third kappa shape index (κ3) is 3.95. The number of benzene rings is 1. The zero-order valence-corrected chi connectivity index (χ0v) is 12.2. The second-order valence-corrected chi connectivity index (χ2v) is 3.38. The fourth-order valence-electron chi connectivity index (χ4n) is 1.56. The van der Waals surface area contributed by atoms with Crippen LogP contribution in [0.4, 0.5) is 0 Å². The fourth-order valence-corrected chi connectivity index (χ4v) is 1.56. The summed E-state index contributed by atoms with van der Waals surface area (Å²) < 4.78 is 0. The van der Waals surface area contributed by atoms with Crippen molar-refractivity contribution in [3.8, 4) is 0 Å². The number of Topliss-reactive ketones (excluding diaryl/α,β-unsaturated/α-hetero) is 1. The monoisotopic (exact) mass is 245 g/mol. The molecule has 0 saturated heterocycles. The summed E-state index contributed by atoms with van der Waals surface area (Å²) in [6.07, 6.45) is 0. The highest BCUT2D eigenvalue weighted by Gasteiger charge is 2.05. The second-order valence-electron chi connectivity index (χ2n) is 3.38. The van der Waals surface area contributed by atoms with Gasteiger partial charge in [-0.05, 0) is 26.0 Å². The molecule has 2 aromatic rings. The van der Waals surface area contributed by atoms with Gasteiger partial charge in [-0.1, -0.05) is 45.9 Å². The molecule has 98 valence electrons. The first kappa shape index (κ1) is 16.3. The standard InChI is InChI=1S/C12H11NO.2C2H6/c1-8-6-7-11-10(9(2)14)4-3-5-12(11)13-8;2*1-2/h3-7H,1-2H3;2*1-2H3. The van der Waals surface area contributed by atoms with E-state index in [9.17, 15) is 4.79 Å². The average Bonchev–Trinajstić information content (AvgIpc) is 2.42. The summed E-state index contributed by atoms with van der Waals surface area (Å²) in [7, 11) is 0. The number of rotatable bonds is 1. The predicted molar refractivity (Wildman–Crippen MR) is 79.2 cm³/mol. The minimum absolute atomic E-state index is 0.0845. The molecule has 0 aliphatic carbocycles. The molecule has 1 heterocycles. The average molecular weight is 245 g/mol. The Bertz CT molecular complexity index is 503. The van der Waals surface area contributed by atoms with Crippen molar-refractivity contribution in [3.63, 3.8) is 0 Å². The summed E-state index contributed by atoms with van der Waals surface area (Å²) in [6.45, 7) is 11.5. The van der Waals surface area contributed by atoms with Crippen LogP contribution in [0.1, 0.15) is 50.7 Å². The highest BCUT2D eigenvalue weighted by molar-refractivity contribution is 6.06. The van der Waals surface area contributed by atoms with E-state index in [0.29, 0.717) is 0 Å². The zero-order valence-electron chi connectivity index (χ0n) is 12.2. The molecule has 0 N–H and O–H groups in total. The highest BCUT2D eigenvalue weighted by atomic mass is 16.1. The molecule has 0 aliphatic heterocycles. The van der Waals surface area contributed by atoms with E-state index < -0.39 is 0 Å². The largest absolute Gasteiger partial charge is 0.294 e. The van der Waals surface area contributed by atoms with Crippen LogP contribution in [0.25, 0.3) is 10.9 Å². The van der Waals surface area contributed by atoms with Crippen LogP contribution in [0.15, 0.2) is 30.3 Å². The van der Waals surface area contributed by atoms with Gasteiger partial charge in [-0.3, -0.25) is 9.78 Å². The lowest BCUT2D eigenvalue weighted by Gasteiger charge is -2.02. The van der Waals surface area contributed by atoms with Crippen LogP contribution in [-0.2, 0) is 0 Å². The van der Waals surface area contributed by atoms with Crippen LogP contribution in [0.5, 0.6) is 0 Å². The fraction of sp³-hybridized carbons (Fsp3) is 0.375. The highest BCUT2D eigenvalue weighted by Crippen LogP contribution is 2.17. The quantitative estimate of drug-likeness (QED) is 0.675. The van der Waals surface area contributed by atoms with Crippen molar-refractivity contribution in [3.05, 3.63) is 41.6 Å². The topological polar surface area (TPSA) is 30.0 Å². The van der Waals surface area contributed by atoms with Crippen molar-refractivity contribution in [1.29, 1.82) is 0 Å². The number of pyridine rings is 1. The molecule has 0 spiro atoms. The van der Waals surface area contributed by atoms with Crippen LogP contribution in [0.2, 0.25) is 0 Å². The summed E-state index contributed by atoms with van der Waals surface area (Å²) in [5.74, 6) is 0.0845. The number of aromatic nitrogens is 1. The summed E-state index contributed by atoms with van der Waals surface area (Å²) in [5.41, 5.74) is 2.60. The summed E-state index contributed by atoms with van der Waals surface area (Å²) >= 11 is 0. The van der Waals surface area contributed by atoms with Crippen LogP contribution >= 0.6 is 0 Å². The Morgan fingerprint density at radius 1 is 1.00 bits per heavy atom. The van der Waals surface area contributed by atoms with Crippen LogP contribution < -0.4 is 0 Å². The van der Waals surface area contributed by atoms with Crippen molar-refractivity contribution in [2.24, 2.45) is 0 Å². The number of hydrogen-bond donors (Lipinski definition) is 0. The molecular weight excluding hydrogens is 222 g/mol. The third-order valence-corrected chi connectivity index (χ3v) is 2.25. The third-order valence-electron chi connectivity index (χ3n) is 2.25. The zero-order chi connectivity index (χ0) is 14.1. The summed E-state index contributed by atoms with van der Waals surface area (Å²) in [4.78, 5) is 15.7. The van der Waals surface area contributed by atoms with Gasteiger partial charge in [-0.15, -0.1) is 0 Å². The minimum Gasteiger partial charge on any atom is -0.294 e. The first-order chi connectivity index (χ1) is 8.68. The van der Waals surface area contributed by atoms with Gasteiger partial charge in [0.2, 0.25) is 0 Å². The van der Waals surface area contributed by atoms with Gasteiger partial charge in [-0.25, -0.2) is 0 Å². The maximum Gasteiger partial charge on any atom is 0.160 e. The molecule has 0 fully saturated rings. The Balaban J connectivity index is 0.000000659. The number of carbonyl (C=O) groups is 1. The summed E-state index contributed by atoms with van der Waals surface area (Å²) in [5, 5.41) is 0.936. The van der Waals surface area contributed by atoms with Gasteiger partial charge in [0.25, 0.3) is 0 Å². The molecule has 0 atom stereocenters. The number of ketones is 1. The van der Waals surface area contributed by atoms with E-state index in [4.69, 9.17) is 0 Å². The molecule has 2 nitrogen and oxygen atoms in total. The number of aryl methyl sites for hydroxylation is 1. The van der Waals surface area contributed by atoms with E-state index in [1.165, 1.54) is 0 Å². The van der Waals surface area contributed by atoms with E-state index in [0.717, 1.165) is 22.2 Å². The van der Waals surface area contributed by atoms with Gasteiger partial charge in [0, 0.05) is 16.6 Å². The van der Waals surface area contributed by atoms with Crippen molar-refractivity contribution >= 4 is 16.7 Å². The number of nitrogens with zero attached hydrogens (tertiary/aromatic N) is 1. The first-order valence-electron chi connectivity index (χ1n) is 6.56. The lowest BCUT2D eigenvalue weighted by atomic mass is 10.1. The summed E-state index contributed by atoms with van der Waals surface area (Å²) in [6, 6.07) is 9.51. The Morgan fingerprint density at radius 2 is 1.61 bits per heavy atom. The molecule has 0 bridgehead atoms. The molecule has 2 rings (SSSR count). The Hall–Kier alpha value is -1.70. The molecule has 0 unspecified atom stereocenters. The van der Waals surface area contributed by atoms with Crippen LogP contribution in [0, 0.1) is 6.92 Å². The van der Waals surface area contributed by atoms with Gasteiger partial charge in [0.15, 0.2) is 5.78 Å². The molecule has 1 aromatic heterocycles. The molecule has 0 saturated carbocycles. The molecule has 0 amide bonds. The van der Waals surface area contributed by atoms with Crippen molar-refractivity contribution in [2.45, 2.75) is 41.5 Å². The molecule has 1 aromatic carbocycles. The Morgan fingerprint density at radius 3 is 2.17 bits per heavy atom. The van der Waals surface area contributed by atoms with E-state index in [2.05, 4.69) is 4.98 Å².